The highest BCUT2D eigenvalue weighted by molar-refractivity contribution is 6.04. The Hall–Kier alpha value is -11.8. The van der Waals surface area contributed by atoms with E-state index in [1.807, 2.05) is 131 Å². The van der Waals surface area contributed by atoms with Gasteiger partial charge in [-0.3, -0.25) is 49.2 Å². The number of nitrogens with zero attached hydrogens (tertiary/aromatic N) is 6. The number of carbonyl (C=O) groups is 6. The van der Waals surface area contributed by atoms with E-state index in [1.54, 1.807) is 0 Å². The summed E-state index contributed by atoms with van der Waals surface area (Å²) < 4.78 is 7.39. The van der Waals surface area contributed by atoms with E-state index in [2.05, 4.69) is 229 Å². The molecule has 18 rings (SSSR count). The molecule has 6 N–H and O–H groups in total. The summed E-state index contributed by atoms with van der Waals surface area (Å²) in [6.45, 7) is 53.1. The van der Waals surface area contributed by atoms with Crippen LogP contribution in [0.5, 0.6) is 0 Å². The lowest BCUT2D eigenvalue weighted by Crippen LogP contribution is -2.41. The number of Topliss-reactive ketones (excluding diaryl/α,β-unsaturated/α-hetero) is 5. The van der Waals surface area contributed by atoms with E-state index in [0.29, 0.717) is 68.9 Å². The van der Waals surface area contributed by atoms with Crippen LogP contribution in [0.25, 0.3) is 11.1 Å². The van der Waals surface area contributed by atoms with Crippen LogP contribution < -0.4 is 5.73 Å². The summed E-state index contributed by atoms with van der Waals surface area (Å²) >= 11 is 0. The van der Waals surface area contributed by atoms with Gasteiger partial charge in [0.25, 0.3) is 0 Å². The molecule has 5 heterocycles. The van der Waals surface area contributed by atoms with Crippen molar-refractivity contribution >= 4 is 51.7 Å². The number of hydrogen-bond donors (Lipinski definition) is 5. The van der Waals surface area contributed by atoms with Gasteiger partial charge in [0.15, 0.2) is 29.0 Å². The minimum absolute atomic E-state index is 0.0309. The first-order valence-corrected chi connectivity index (χ1v) is 44.6. The molecule has 0 aliphatic heterocycles. The van der Waals surface area contributed by atoms with Crippen molar-refractivity contribution in [2.75, 3.05) is 12.3 Å². The number of H-pyrrole nitrogens is 4. The summed E-state index contributed by atoms with van der Waals surface area (Å²) in [7, 11) is 0. The number of rotatable bonds is 12. The highest BCUT2D eigenvalue weighted by Crippen LogP contribution is 2.57. The Bertz CT molecular complexity index is 5620. The number of aromatic amines is 4. The Morgan fingerprint density at radius 3 is 1.17 bits per heavy atom. The normalized spacial score (nSPS) is 22.4. The smallest absolute Gasteiger partial charge is 0.164 e. The second-order valence-corrected chi connectivity index (χ2v) is 40.4. The third kappa shape index (κ3) is 18.9. The minimum atomic E-state index is -0.436. The van der Waals surface area contributed by atoms with Crippen molar-refractivity contribution in [1.82, 2.24) is 50.6 Å². The van der Waals surface area contributed by atoms with Gasteiger partial charge in [-0.15, -0.1) is 0 Å². The predicted molar refractivity (Wildman–Crippen MR) is 502 cm³/mol. The second-order valence-electron chi connectivity index (χ2n) is 40.4. The molecule has 5 aromatic heterocycles. The Morgan fingerprint density at radius 1 is 0.444 bits per heavy atom. The van der Waals surface area contributed by atoms with Crippen LogP contribution in [0.3, 0.4) is 0 Å². The molecule has 0 radical (unpaired) electrons. The van der Waals surface area contributed by atoms with Crippen LogP contribution in [0, 0.1) is 68.6 Å². The number of ether oxygens (including phenoxy) is 1. The number of aryl methyl sites for hydroxylation is 4. The van der Waals surface area contributed by atoms with Gasteiger partial charge in [-0.1, -0.05) is 242 Å². The first-order chi connectivity index (χ1) is 59.4. The van der Waals surface area contributed by atoms with Crippen molar-refractivity contribution < 1.29 is 33.5 Å². The van der Waals surface area contributed by atoms with E-state index in [-0.39, 0.29) is 62.9 Å². The molecule has 1 fully saturated rings. The van der Waals surface area contributed by atoms with Gasteiger partial charge in [-0.05, 0) is 162 Å². The van der Waals surface area contributed by atoms with E-state index in [1.165, 1.54) is 44.5 Å². The molecule has 0 bridgehead atoms. The van der Waals surface area contributed by atoms with Crippen molar-refractivity contribution in [2.24, 2.45) is 27.1 Å². The Morgan fingerprint density at radius 2 is 0.794 bits per heavy atom. The first kappa shape index (κ1) is 91.9. The van der Waals surface area contributed by atoms with Crippen LogP contribution in [0.2, 0.25) is 0 Å². The van der Waals surface area contributed by atoms with Gasteiger partial charge in [0, 0.05) is 160 Å². The van der Waals surface area contributed by atoms with E-state index in [4.69, 9.17) is 10.5 Å². The average Bonchev–Trinajstić information content (AvgIpc) is 1.59. The fourth-order valence-corrected chi connectivity index (χ4v) is 22.0. The summed E-state index contributed by atoms with van der Waals surface area (Å²) in [6.07, 6.45) is 12.2. The molecule has 18 heteroatoms. The molecular formula is C108H128N11O7+. The zero-order valence-corrected chi connectivity index (χ0v) is 77.6. The maximum absolute atomic E-state index is 13.2. The Labute approximate surface area is 744 Å². The average molecular weight is 1690 g/mol. The summed E-state index contributed by atoms with van der Waals surface area (Å²) in [4.78, 5) is 73.3. The number of hydrogen-bond acceptors (Lipinski definition) is 13. The van der Waals surface area contributed by atoms with E-state index >= 15 is 0 Å². The molecule has 5 aromatic carbocycles. The zero-order chi connectivity index (χ0) is 91.1. The zero-order valence-electron chi connectivity index (χ0n) is 77.6. The molecule has 0 spiro atoms. The SMILES string of the molecule is C=C(c1ccccc1)c1c(CC2=CC(=O)CC(C)(C)C2)n[nH]c1C.C=C(c1ccccc1)c1c(N)nn(C(C)OCC)c1C.CC1(C)CC(=O)CC(=O)C1.Cc1[nH]nc2c1C(C)(c1ccccc1)C1=C(C2)CC(C)(C)CC1=O.Cc1[nH]nc2c1[C@@](C)(c1ccccc1)C1=C(C2)CC(C)(C)CC1=O.[CH2+]C1(C)CC(=O)C2=C(Cc3n[nH]c(C)c3[C@]2(C)c2ccccc2)C1. The summed E-state index contributed by atoms with van der Waals surface area (Å²) in [5.74, 6) is 1.76. The molecular weight excluding hydrogens is 1560 g/mol. The van der Waals surface area contributed by atoms with E-state index in [9.17, 15) is 28.8 Å². The van der Waals surface area contributed by atoms with Gasteiger partial charge < -0.3 is 10.5 Å². The standard InChI is InChI=1S/2C21H24N2O.C21H23N2O.C21H24N2O.C16H21N3O.C8H12O2/c3*1-13-18-16(23-22-13)10-14-11-20(2,3)12-17(24)19(14)21(18,4)15-8-6-5-7-9-15;1-14(17-8-6-5-7-9-17)20-15(2)22-23-19(20)11-16-10-18(24)13-21(3,4)12-16;1-5-20-13(4)19-12(3)15(16(17)18-19)11(2)14-9-7-6-8-10-14;1-8(2)4-6(9)3-7(10)5-8/h2*5-9H,10-12H2,1-4H3,(H,22,23);5-9H,2,10-12H2,1,3-4H3,(H,22,23);5-10H,1,11-13H2,2-4H3,(H,22,23);6-10,13H,2,5H2,1,3-4H3,(H2,17,18);3-5H2,1-2H3/q;;+1;;;/t21-;;20?,21-;;;/m1.0.../s1. The van der Waals surface area contributed by atoms with Gasteiger partial charge in [-0.25, -0.2) is 4.68 Å². The lowest BCUT2D eigenvalue weighted by molar-refractivity contribution is -0.133. The molecule has 0 saturated heterocycles. The summed E-state index contributed by atoms with van der Waals surface area (Å²) in [5, 5.41) is 35.1. The number of fused-ring (bicyclic) bond motifs is 3. The highest BCUT2D eigenvalue weighted by atomic mass is 16.5. The van der Waals surface area contributed by atoms with Crippen LogP contribution >= 0.6 is 0 Å². The van der Waals surface area contributed by atoms with E-state index < -0.39 is 16.2 Å². The molecule has 10 aromatic rings. The van der Waals surface area contributed by atoms with Crippen molar-refractivity contribution in [1.29, 1.82) is 0 Å². The number of nitrogens with one attached hydrogen (secondary N) is 4. The van der Waals surface area contributed by atoms with Crippen molar-refractivity contribution in [3.63, 3.8) is 0 Å². The third-order valence-electron chi connectivity index (χ3n) is 26.7. The van der Waals surface area contributed by atoms with Crippen molar-refractivity contribution in [3.05, 3.63) is 324 Å². The maximum Gasteiger partial charge on any atom is 0.164 e. The third-order valence-corrected chi connectivity index (χ3v) is 26.7. The number of benzene rings is 5. The van der Waals surface area contributed by atoms with Crippen LogP contribution in [-0.4, -0.2) is 91.9 Å². The number of nitrogens with two attached hydrogens (primary N) is 1. The van der Waals surface area contributed by atoms with Crippen LogP contribution in [0.1, 0.15) is 281 Å². The molecule has 5 atom stereocenters. The molecule has 3 unspecified atom stereocenters. The molecule has 0 amide bonds. The van der Waals surface area contributed by atoms with Gasteiger partial charge in [-0.2, -0.15) is 25.5 Å². The lowest BCUT2D eigenvalue weighted by atomic mass is 9.58. The quantitative estimate of drug-likeness (QED) is 0.0563. The molecule has 8 aliphatic rings. The highest BCUT2D eigenvalue weighted by Gasteiger charge is 2.53. The van der Waals surface area contributed by atoms with E-state index in [0.717, 1.165) is 157 Å². The lowest BCUT2D eigenvalue weighted by Gasteiger charge is -2.43. The number of ketones is 6. The fraction of sp³-hybridized carbons (Fsp3) is 0.407. The number of carbonyl (C=O) groups excluding carboxylic acids is 6. The summed E-state index contributed by atoms with van der Waals surface area (Å²) in [5.41, 5.74) is 35.0. The van der Waals surface area contributed by atoms with Crippen LogP contribution in [0.15, 0.2) is 210 Å². The number of aromatic nitrogens is 10. The molecule has 1 saturated carbocycles. The maximum atomic E-state index is 13.2. The monoisotopic (exact) mass is 1690 g/mol. The second kappa shape index (κ2) is 35.9. The fourth-order valence-electron chi connectivity index (χ4n) is 22.0. The number of nitrogen functional groups attached to an aromatic ring is 1. The van der Waals surface area contributed by atoms with Gasteiger partial charge >= 0.3 is 0 Å². The Balaban J connectivity index is 0.000000131. The molecule has 18 nitrogen and oxygen atoms in total. The van der Waals surface area contributed by atoms with Crippen molar-refractivity contribution in [2.45, 2.75) is 250 Å². The number of anilines is 1. The topological polar surface area (TPSA) is 270 Å². The first-order valence-electron chi connectivity index (χ1n) is 44.6. The van der Waals surface area contributed by atoms with Gasteiger partial charge in [0.2, 0.25) is 0 Å². The predicted octanol–water partition coefficient (Wildman–Crippen LogP) is 22.0. The molecule has 126 heavy (non-hydrogen) atoms. The number of allylic oxidation sites excluding steroid dienone is 8. The molecule has 656 valence electrons. The summed E-state index contributed by atoms with van der Waals surface area (Å²) in [6, 6.07) is 51.3. The Kier molecular flexibility index (Phi) is 26.2. The van der Waals surface area contributed by atoms with Crippen LogP contribution in [-0.2, 0) is 75.4 Å². The van der Waals surface area contributed by atoms with Crippen LogP contribution in [0.4, 0.5) is 5.82 Å². The van der Waals surface area contributed by atoms with Gasteiger partial charge in [0.05, 0.1) is 42.5 Å². The van der Waals surface area contributed by atoms with Gasteiger partial charge in [0.1, 0.15) is 23.2 Å². The molecule has 8 aliphatic carbocycles. The largest absolute Gasteiger partial charge is 0.382 e. The van der Waals surface area contributed by atoms with Crippen molar-refractivity contribution in [3.8, 4) is 0 Å². The minimum Gasteiger partial charge on any atom is -0.382 e.